The van der Waals surface area contributed by atoms with Gasteiger partial charge in [-0.15, -0.1) is 0 Å². The average Bonchev–Trinajstić information content (AvgIpc) is 3.21. The fourth-order valence-electron chi connectivity index (χ4n) is 5.77. The van der Waals surface area contributed by atoms with Crippen LogP contribution in [0.15, 0.2) is 71.9 Å². The third-order valence-corrected chi connectivity index (χ3v) is 7.88. The molecule has 2 heterocycles. The first-order valence-corrected chi connectivity index (χ1v) is 13.9. The number of carbonyl (C=O) groups is 3. The van der Waals surface area contributed by atoms with E-state index < -0.39 is 16.9 Å². The molecule has 0 spiro atoms. The maximum absolute atomic E-state index is 12.8. The number of rotatable bonds is 8. The zero-order valence-electron chi connectivity index (χ0n) is 24.4. The van der Waals surface area contributed by atoms with Gasteiger partial charge in [0.05, 0.1) is 29.1 Å². The highest BCUT2D eigenvalue weighted by molar-refractivity contribution is 6.06. The lowest BCUT2D eigenvalue weighted by Crippen LogP contribution is -2.62. The molecule has 5 rings (SSSR count). The van der Waals surface area contributed by atoms with E-state index in [9.17, 15) is 29.6 Å². The summed E-state index contributed by atoms with van der Waals surface area (Å²) in [6.45, 7) is 6.11. The van der Waals surface area contributed by atoms with Gasteiger partial charge < -0.3 is 24.6 Å². The van der Waals surface area contributed by atoms with Crippen molar-refractivity contribution in [3.63, 3.8) is 0 Å². The molecule has 1 amide bonds. The van der Waals surface area contributed by atoms with E-state index in [1.165, 1.54) is 24.1 Å². The molecule has 0 saturated carbocycles. The van der Waals surface area contributed by atoms with E-state index in [0.29, 0.717) is 17.7 Å². The summed E-state index contributed by atoms with van der Waals surface area (Å²) in [5, 5.41) is 31.1. The number of hydrogen-bond donors (Lipinski definition) is 2. The fourth-order valence-corrected chi connectivity index (χ4v) is 5.77. The molecule has 0 aromatic heterocycles. The van der Waals surface area contributed by atoms with Gasteiger partial charge in [-0.05, 0) is 47.1 Å². The molecular weight excluding hydrogens is 556 g/mol. The van der Waals surface area contributed by atoms with E-state index in [-0.39, 0.29) is 59.9 Å². The lowest BCUT2D eigenvalue weighted by atomic mass is 9.74. The summed E-state index contributed by atoms with van der Waals surface area (Å²) in [7, 11) is 1.49. The molecule has 11 heteroatoms. The molecule has 2 N–H and O–H groups in total. The number of esters is 2. The Kier molecular flexibility index (Phi) is 9.57. The Morgan fingerprint density at radius 2 is 1.67 bits per heavy atom. The number of fused-ring (bicyclic) bond motifs is 2. The number of nitrogens with zero attached hydrogens (tertiary/aromatic N) is 2. The van der Waals surface area contributed by atoms with Crippen molar-refractivity contribution in [1.82, 2.24) is 4.90 Å². The quantitative estimate of drug-likeness (QED) is 0.128. The van der Waals surface area contributed by atoms with Gasteiger partial charge in [0, 0.05) is 37.2 Å². The number of aromatic hydroxyl groups is 1. The number of ether oxygens (including phenoxy) is 2. The van der Waals surface area contributed by atoms with Gasteiger partial charge in [0.2, 0.25) is 5.91 Å². The van der Waals surface area contributed by atoms with Gasteiger partial charge in [-0.25, -0.2) is 9.59 Å². The molecule has 2 aliphatic heterocycles. The number of nitro benzene ring substituents is 1. The molecule has 1 fully saturated rings. The van der Waals surface area contributed by atoms with Crippen molar-refractivity contribution >= 4 is 34.3 Å². The largest absolute Gasteiger partial charge is 0.507 e. The molecule has 0 radical (unpaired) electrons. The number of aliphatic hydroxyl groups excluding tert-OH is 1. The summed E-state index contributed by atoms with van der Waals surface area (Å²) in [5.41, 5.74) is 1.56. The van der Waals surface area contributed by atoms with Crippen LogP contribution in [0.5, 0.6) is 5.75 Å². The zero-order valence-corrected chi connectivity index (χ0v) is 24.4. The van der Waals surface area contributed by atoms with Gasteiger partial charge in [0.15, 0.2) is 0 Å². The van der Waals surface area contributed by atoms with Crippen LogP contribution in [0.25, 0.3) is 10.8 Å². The van der Waals surface area contributed by atoms with Gasteiger partial charge in [0.1, 0.15) is 11.4 Å². The monoisotopic (exact) mass is 590 g/mol. The number of carbonyl (C=O) groups excluding carboxylic acids is 3. The van der Waals surface area contributed by atoms with Crippen molar-refractivity contribution in [3.8, 4) is 5.75 Å². The first kappa shape index (κ1) is 31.3. The number of nitro groups is 1. The Morgan fingerprint density at radius 3 is 2.28 bits per heavy atom. The number of benzene rings is 3. The number of non-ortho nitro benzene ring substituents is 1. The third kappa shape index (κ3) is 6.13. The van der Waals surface area contributed by atoms with Crippen LogP contribution in [0, 0.1) is 27.9 Å². The van der Waals surface area contributed by atoms with E-state index in [0.717, 1.165) is 28.5 Å². The minimum atomic E-state index is -0.946. The van der Waals surface area contributed by atoms with E-state index in [1.807, 2.05) is 51.1 Å². The second-order valence-corrected chi connectivity index (χ2v) is 10.8. The molecule has 0 aliphatic carbocycles. The Bertz CT molecular complexity index is 1580. The fraction of sp³-hybridized carbons (Fsp3) is 0.344. The molecule has 0 unspecified atom stereocenters. The molecule has 11 nitrogen and oxygen atoms in total. The molecule has 1 saturated heterocycles. The highest BCUT2D eigenvalue weighted by Gasteiger charge is 2.59. The van der Waals surface area contributed by atoms with Crippen LogP contribution in [0.4, 0.5) is 5.69 Å². The summed E-state index contributed by atoms with van der Waals surface area (Å²) in [4.78, 5) is 49.3. The van der Waals surface area contributed by atoms with Crippen LogP contribution in [0.3, 0.4) is 0 Å². The van der Waals surface area contributed by atoms with Crippen molar-refractivity contribution in [1.29, 1.82) is 0 Å². The average molecular weight is 591 g/mol. The molecule has 3 aromatic rings. The third-order valence-electron chi connectivity index (χ3n) is 7.88. The molecule has 3 atom stereocenters. The van der Waals surface area contributed by atoms with Crippen LogP contribution in [0.1, 0.15) is 36.7 Å². The van der Waals surface area contributed by atoms with E-state index in [4.69, 9.17) is 14.6 Å². The normalized spacial score (nSPS) is 19.1. The molecule has 43 heavy (non-hydrogen) atoms. The number of phenolic OH excluding ortho intramolecular Hbond substituents is 1. The minimum Gasteiger partial charge on any atom is -0.507 e. The first-order chi connectivity index (χ1) is 20.5. The van der Waals surface area contributed by atoms with Crippen molar-refractivity contribution in [2.45, 2.75) is 33.2 Å². The van der Waals surface area contributed by atoms with Gasteiger partial charge >= 0.3 is 11.9 Å². The summed E-state index contributed by atoms with van der Waals surface area (Å²) < 4.78 is 10.2. The molecule has 2 aliphatic rings. The van der Waals surface area contributed by atoms with Gasteiger partial charge in [-0.1, -0.05) is 51.1 Å². The SMILES string of the molecule is COCC1=C(C(=O)OC(=O)c2ccc([N+](=O)[O-])cc2)N2C(=O)[C@H](C(C)C)[C@H]2[C@H]1C.OCCc1cccc2c(O)cccc12. The standard InChI is InChI=1S/C20H22N2O7.C12H12O2/c1-10(2)15-16-11(3)14(9-28-4)17(21(16)18(15)23)20(25)29-19(24)12-5-7-13(8-6-12)22(26)27;13-8-7-9-3-1-5-11-10(9)4-2-6-12(11)14/h5-8,10-11,15-16H,9H2,1-4H3;1-6,13-14H,7-8H2/t11-,15+,16+;/m0./s1. The zero-order chi connectivity index (χ0) is 31.4. The maximum atomic E-state index is 12.8. The van der Waals surface area contributed by atoms with Crippen molar-refractivity contribution in [2.75, 3.05) is 20.3 Å². The van der Waals surface area contributed by atoms with Gasteiger partial charge in [-0.2, -0.15) is 0 Å². The highest BCUT2D eigenvalue weighted by atomic mass is 16.6. The summed E-state index contributed by atoms with van der Waals surface area (Å²) in [6, 6.07) is 15.8. The minimum absolute atomic E-state index is 0.00423. The van der Waals surface area contributed by atoms with Crippen LogP contribution < -0.4 is 0 Å². The Balaban J connectivity index is 0.000000251. The van der Waals surface area contributed by atoms with Crippen LogP contribution in [-0.4, -0.2) is 64.2 Å². The van der Waals surface area contributed by atoms with Gasteiger partial charge in [0.25, 0.3) is 5.69 Å². The van der Waals surface area contributed by atoms with Crippen molar-refractivity contribution in [3.05, 3.63) is 93.2 Å². The summed E-state index contributed by atoms with van der Waals surface area (Å²) in [5.74, 6) is -1.93. The maximum Gasteiger partial charge on any atom is 0.362 e. The van der Waals surface area contributed by atoms with Gasteiger partial charge in [-0.3, -0.25) is 14.9 Å². The predicted octanol–water partition coefficient (Wildman–Crippen LogP) is 4.39. The predicted molar refractivity (Wildman–Crippen MR) is 157 cm³/mol. The summed E-state index contributed by atoms with van der Waals surface area (Å²) >= 11 is 0. The Hall–Kier alpha value is -4.61. The summed E-state index contributed by atoms with van der Waals surface area (Å²) in [6.07, 6.45) is 0.626. The Labute approximate surface area is 248 Å². The second kappa shape index (κ2) is 13.1. The highest BCUT2D eigenvalue weighted by Crippen LogP contribution is 2.48. The topological polar surface area (TPSA) is 157 Å². The smallest absolute Gasteiger partial charge is 0.362 e. The van der Waals surface area contributed by atoms with Crippen molar-refractivity contribution < 1.29 is 39.0 Å². The van der Waals surface area contributed by atoms with Crippen LogP contribution >= 0.6 is 0 Å². The molecule has 226 valence electrons. The lowest BCUT2D eigenvalue weighted by molar-refractivity contribution is -0.384. The number of phenols is 1. The van der Waals surface area contributed by atoms with E-state index >= 15 is 0 Å². The van der Waals surface area contributed by atoms with E-state index in [2.05, 4.69) is 0 Å². The first-order valence-electron chi connectivity index (χ1n) is 13.9. The molecular formula is C32H34N2O9. The Morgan fingerprint density at radius 1 is 1.02 bits per heavy atom. The number of amides is 1. The molecule has 0 bridgehead atoms. The second-order valence-electron chi connectivity index (χ2n) is 10.8. The van der Waals surface area contributed by atoms with Crippen molar-refractivity contribution in [2.24, 2.45) is 17.8 Å². The number of hydrogen-bond acceptors (Lipinski definition) is 9. The van der Waals surface area contributed by atoms with Crippen LogP contribution in [0.2, 0.25) is 0 Å². The number of aliphatic hydroxyl groups is 1. The van der Waals surface area contributed by atoms with Crippen LogP contribution in [-0.2, 0) is 25.5 Å². The lowest BCUT2D eigenvalue weighted by Gasteiger charge is -2.47. The number of β-lactam (4-membered cyclic amide) rings is 1. The molecule has 3 aromatic carbocycles. The number of methoxy groups -OCH3 is 1. The van der Waals surface area contributed by atoms with E-state index in [1.54, 1.807) is 6.07 Å².